The van der Waals surface area contributed by atoms with Crippen molar-refractivity contribution in [3.05, 3.63) is 21.6 Å². The van der Waals surface area contributed by atoms with Crippen molar-refractivity contribution in [3.63, 3.8) is 0 Å². The SMILES string of the molecule is CCCCn1[nH]c(C(C)C)c(C(C)C)c1=O. The van der Waals surface area contributed by atoms with E-state index >= 15 is 0 Å². The quantitative estimate of drug-likeness (QED) is 0.819. The summed E-state index contributed by atoms with van der Waals surface area (Å²) >= 11 is 0. The molecule has 0 saturated heterocycles. The molecule has 0 atom stereocenters. The molecule has 0 saturated carbocycles. The molecule has 92 valence electrons. The molecule has 0 aliphatic carbocycles. The molecule has 1 heterocycles. The molecule has 0 fully saturated rings. The number of rotatable bonds is 5. The van der Waals surface area contributed by atoms with Gasteiger partial charge in [-0.1, -0.05) is 41.0 Å². The summed E-state index contributed by atoms with van der Waals surface area (Å²) < 4.78 is 1.77. The second kappa shape index (κ2) is 5.37. The Morgan fingerprint density at radius 2 is 1.81 bits per heavy atom. The molecule has 0 aliphatic heterocycles. The molecular formula is C13H24N2O. The van der Waals surface area contributed by atoms with Gasteiger partial charge in [-0.2, -0.15) is 0 Å². The zero-order valence-electron chi connectivity index (χ0n) is 11.1. The highest BCUT2D eigenvalue weighted by Gasteiger charge is 2.18. The Bertz CT molecular complexity index is 385. The van der Waals surface area contributed by atoms with Crippen LogP contribution in [0.5, 0.6) is 0 Å². The third-order valence-corrected chi connectivity index (χ3v) is 2.91. The first kappa shape index (κ1) is 13.1. The van der Waals surface area contributed by atoms with E-state index in [0.29, 0.717) is 11.8 Å². The fourth-order valence-corrected chi connectivity index (χ4v) is 1.99. The van der Waals surface area contributed by atoms with Crippen molar-refractivity contribution in [3.8, 4) is 0 Å². The van der Waals surface area contributed by atoms with Crippen LogP contribution in [0.2, 0.25) is 0 Å². The van der Waals surface area contributed by atoms with E-state index in [1.165, 1.54) is 0 Å². The number of nitrogens with one attached hydrogen (secondary N) is 1. The number of aromatic nitrogens is 2. The fraction of sp³-hybridized carbons (Fsp3) is 0.769. The van der Waals surface area contributed by atoms with Crippen molar-refractivity contribution < 1.29 is 0 Å². The van der Waals surface area contributed by atoms with Gasteiger partial charge in [0.15, 0.2) is 0 Å². The second-order valence-corrected chi connectivity index (χ2v) is 5.06. The van der Waals surface area contributed by atoms with Crippen LogP contribution in [-0.2, 0) is 6.54 Å². The Morgan fingerprint density at radius 1 is 1.19 bits per heavy atom. The van der Waals surface area contributed by atoms with Crippen LogP contribution in [0.3, 0.4) is 0 Å². The lowest BCUT2D eigenvalue weighted by Gasteiger charge is -2.07. The molecule has 0 unspecified atom stereocenters. The second-order valence-electron chi connectivity index (χ2n) is 5.06. The van der Waals surface area contributed by atoms with Crippen LogP contribution in [0.15, 0.2) is 4.79 Å². The summed E-state index contributed by atoms with van der Waals surface area (Å²) in [5, 5.41) is 3.27. The number of hydrogen-bond acceptors (Lipinski definition) is 1. The molecule has 16 heavy (non-hydrogen) atoms. The molecule has 0 bridgehead atoms. The van der Waals surface area contributed by atoms with Crippen molar-refractivity contribution in [2.45, 2.75) is 65.8 Å². The van der Waals surface area contributed by atoms with E-state index in [-0.39, 0.29) is 5.56 Å². The van der Waals surface area contributed by atoms with Gasteiger partial charge < -0.3 is 0 Å². The van der Waals surface area contributed by atoms with E-state index in [0.717, 1.165) is 30.6 Å². The number of unbranched alkanes of at least 4 members (excludes halogenated alkanes) is 1. The maximum absolute atomic E-state index is 12.2. The van der Waals surface area contributed by atoms with Gasteiger partial charge in [-0.3, -0.25) is 14.6 Å². The molecule has 0 radical (unpaired) electrons. The predicted molar refractivity (Wildman–Crippen MR) is 68.1 cm³/mol. The summed E-state index contributed by atoms with van der Waals surface area (Å²) in [6.45, 7) is 11.4. The van der Waals surface area contributed by atoms with Gasteiger partial charge in [0.05, 0.1) is 0 Å². The molecule has 0 aromatic carbocycles. The molecule has 0 aliphatic rings. The highest BCUT2D eigenvalue weighted by atomic mass is 16.1. The maximum atomic E-state index is 12.2. The standard InChI is InChI=1S/C13H24N2O/c1-6-7-8-15-13(16)11(9(2)3)12(14-15)10(4)5/h9-10,14H,6-8H2,1-5H3. The van der Waals surface area contributed by atoms with Crippen LogP contribution >= 0.6 is 0 Å². The van der Waals surface area contributed by atoms with Crippen LogP contribution in [0, 0.1) is 0 Å². The van der Waals surface area contributed by atoms with Crippen LogP contribution in [0.25, 0.3) is 0 Å². The zero-order chi connectivity index (χ0) is 12.3. The number of H-pyrrole nitrogens is 1. The van der Waals surface area contributed by atoms with Gasteiger partial charge in [0.25, 0.3) is 5.56 Å². The lowest BCUT2D eigenvalue weighted by molar-refractivity contribution is 0.547. The average molecular weight is 224 g/mol. The number of nitrogens with zero attached hydrogens (tertiary/aromatic N) is 1. The highest BCUT2D eigenvalue weighted by Crippen LogP contribution is 2.21. The number of hydrogen-bond donors (Lipinski definition) is 1. The first-order valence-electron chi connectivity index (χ1n) is 6.31. The van der Waals surface area contributed by atoms with Crippen molar-refractivity contribution in [1.29, 1.82) is 0 Å². The van der Waals surface area contributed by atoms with Crippen LogP contribution in [0.4, 0.5) is 0 Å². The number of aromatic amines is 1. The average Bonchev–Trinajstić information content (AvgIpc) is 2.53. The first-order chi connectivity index (χ1) is 7.49. The Kier molecular flexibility index (Phi) is 4.39. The monoisotopic (exact) mass is 224 g/mol. The minimum absolute atomic E-state index is 0.173. The van der Waals surface area contributed by atoms with Gasteiger partial charge >= 0.3 is 0 Å². The molecule has 1 aromatic heterocycles. The molecule has 0 spiro atoms. The summed E-state index contributed by atoms with van der Waals surface area (Å²) in [6.07, 6.45) is 2.16. The molecule has 1 N–H and O–H groups in total. The van der Waals surface area contributed by atoms with Gasteiger partial charge in [0, 0.05) is 17.8 Å². The van der Waals surface area contributed by atoms with E-state index in [1.54, 1.807) is 4.68 Å². The van der Waals surface area contributed by atoms with E-state index in [4.69, 9.17) is 0 Å². The normalized spacial score (nSPS) is 11.7. The summed E-state index contributed by atoms with van der Waals surface area (Å²) in [5.41, 5.74) is 2.24. The first-order valence-corrected chi connectivity index (χ1v) is 6.31. The van der Waals surface area contributed by atoms with Gasteiger partial charge in [-0.15, -0.1) is 0 Å². The topological polar surface area (TPSA) is 37.8 Å². The minimum atomic E-state index is 0.173. The summed E-state index contributed by atoms with van der Waals surface area (Å²) in [4.78, 5) is 12.2. The largest absolute Gasteiger partial charge is 0.299 e. The van der Waals surface area contributed by atoms with Crippen LogP contribution in [-0.4, -0.2) is 9.78 Å². The Hall–Kier alpha value is -0.990. The molecule has 1 aromatic rings. The van der Waals surface area contributed by atoms with Crippen molar-refractivity contribution >= 4 is 0 Å². The smallest absolute Gasteiger partial charge is 0.270 e. The molecule has 3 heteroatoms. The van der Waals surface area contributed by atoms with Crippen LogP contribution < -0.4 is 5.56 Å². The maximum Gasteiger partial charge on any atom is 0.270 e. The van der Waals surface area contributed by atoms with E-state index in [9.17, 15) is 4.79 Å². The van der Waals surface area contributed by atoms with E-state index in [1.807, 2.05) is 0 Å². The summed E-state index contributed by atoms with van der Waals surface area (Å²) in [5.74, 6) is 0.678. The van der Waals surface area contributed by atoms with Crippen LogP contribution in [0.1, 0.15) is 70.6 Å². The fourth-order valence-electron chi connectivity index (χ4n) is 1.99. The summed E-state index contributed by atoms with van der Waals surface area (Å²) in [6, 6.07) is 0. The van der Waals surface area contributed by atoms with Crippen molar-refractivity contribution in [1.82, 2.24) is 9.78 Å². The van der Waals surface area contributed by atoms with E-state index in [2.05, 4.69) is 39.7 Å². The van der Waals surface area contributed by atoms with E-state index < -0.39 is 0 Å². The zero-order valence-corrected chi connectivity index (χ0v) is 11.1. The van der Waals surface area contributed by atoms with Gasteiger partial charge in [-0.05, 0) is 18.3 Å². The Labute approximate surface area is 97.8 Å². The van der Waals surface area contributed by atoms with Gasteiger partial charge in [0.1, 0.15) is 0 Å². The molecule has 1 rings (SSSR count). The third-order valence-electron chi connectivity index (χ3n) is 2.91. The van der Waals surface area contributed by atoms with Crippen molar-refractivity contribution in [2.75, 3.05) is 0 Å². The Morgan fingerprint density at radius 3 is 2.19 bits per heavy atom. The lowest BCUT2D eigenvalue weighted by Crippen LogP contribution is -2.19. The Balaban J connectivity index is 3.14. The van der Waals surface area contributed by atoms with Crippen molar-refractivity contribution in [2.24, 2.45) is 0 Å². The van der Waals surface area contributed by atoms with Gasteiger partial charge in [0.2, 0.25) is 0 Å². The third kappa shape index (κ3) is 2.57. The molecular weight excluding hydrogens is 200 g/mol. The minimum Gasteiger partial charge on any atom is -0.299 e. The lowest BCUT2D eigenvalue weighted by atomic mass is 9.98. The molecule has 0 amide bonds. The predicted octanol–water partition coefficient (Wildman–Crippen LogP) is 3.22. The summed E-state index contributed by atoms with van der Waals surface area (Å²) in [7, 11) is 0. The van der Waals surface area contributed by atoms with Gasteiger partial charge in [-0.25, -0.2) is 0 Å². The molecule has 3 nitrogen and oxygen atoms in total. The number of aryl methyl sites for hydroxylation is 1. The highest BCUT2D eigenvalue weighted by molar-refractivity contribution is 5.23.